The van der Waals surface area contributed by atoms with E-state index in [1.807, 2.05) is 24.3 Å². The first-order valence-corrected chi connectivity index (χ1v) is 6.84. The van der Waals surface area contributed by atoms with Gasteiger partial charge in [0.25, 0.3) is 0 Å². The lowest BCUT2D eigenvalue weighted by molar-refractivity contribution is -0.136. The molecule has 1 aromatic carbocycles. The zero-order chi connectivity index (χ0) is 14.9. The molecule has 0 saturated carbocycles. The number of benzene rings is 1. The summed E-state index contributed by atoms with van der Waals surface area (Å²) in [6.45, 7) is 1.73. The van der Waals surface area contributed by atoms with E-state index < -0.39 is 12.0 Å². The van der Waals surface area contributed by atoms with Crippen LogP contribution in [-0.2, 0) is 9.53 Å². The van der Waals surface area contributed by atoms with E-state index in [2.05, 4.69) is 21.2 Å². The first-order chi connectivity index (χ1) is 9.47. The van der Waals surface area contributed by atoms with Gasteiger partial charge in [0.15, 0.2) is 0 Å². The monoisotopic (exact) mass is 338 g/mol. The second-order valence-corrected chi connectivity index (χ2v) is 5.31. The van der Waals surface area contributed by atoms with Gasteiger partial charge in [-0.2, -0.15) is 0 Å². The Balaban J connectivity index is 2.58. The van der Waals surface area contributed by atoms with E-state index in [0.29, 0.717) is 11.3 Å². The van der Waals surface area contributed by atoms with Gasteiger partial charge in [-0.05, 0) is 18.6 Å². The van der Waals surface area contributed by atoms with Gasteiger partial charge >= 0.3 is 12.0 Å². The molecule has 1 aliphatic heterocycles. The molecule has 2 amide bonds. The minimum absolute atomic E-state index is 0.254. The Hall–Kier alpha value is -1.82. The maximum absolute atomic E-state index is 12.1. The van der Waals surface area contributed by atoms with Crippen LogP contribution in [-0.4, -0.2) is 31.1 Å². The van der Waals surface area contributed by atoms with Crippen molar-refractivity contribution in [3.05, 3.63) is 45.6 Å². The number of halogens is 1. The first-order valence-electron chi connectivity index (χ1n) is 6.05. The third kappa shape index (κ3) is 2.43. The minimum Gasteiger partial charge on any atom is -0.466 e. The van der Waals surface area contributed by atoms with Crippen molar-refractivity contribution in [2.24, 2.45) is 0 Å². The molecule has 0 aromatic heterocycles. The van der Waals surface area contributed by atoms with Crippen LogP contribution in [0.2, 0.25) is 0 Å². The molecule has 1 atom stereocenters. The number of nitrogens with one attached hydrogen (secondary N) is 1. The molecule has 0 bridgehead atoms. The quantitative estimate of drug-likeness (QED) is 0.843. The Kier molecular flexibility index (Phi) is 4.13. The molecule has 1 heterocycles. The second kappa shape index (κ2) is 5.66. The van der Waals surface area contributed by atoms with E-state index in [4.69, 9.17) is 4.74 Å². The smallest absolute Gasteiger partial charge is 0.337 e. The van der Waals surface area contributed by atoms with Gasteiger partial charge < -0.3 is 15.0 Å². The molecule has 6 heteroatoms. The minimum atomic E-state index is -0.526. The van der Waals surface area contributed by atoms with Crippen molar-refractivity contribution in [2.75, 3.05) is 14.2 Å². The van der Waals surface area contributed by atoms with Crippen molar-refractivity contribution in [1.82, 2.24) is 10.2 Å². The summed E-state index contributed by atoms with van der Waals surface area (Å²) < 4.78 is 5.67. The van der Waals surface area contributed by atoms with Crippen molar-refractivity contribution in [1.29, 1.82) is 0 Å². The Morgan fingerprint density at radius 3 is 2.65 bits per heavy atom. The molecule has 0 unspecified atom stereocenters. The lowest BCUT2D eigenvalue weighted by Gasteiger charge is -2.33. The van der Waals surface area contributed by atoms with Crippen LogP contribution >= 0.6 is 15.9 Å². The number of ether oxygens (including phenoxy) is 1. The van der Waals surface area contributed by atoms with E-state index in [1.165, 1.54) is 12.0 Å². The van der Waals surface area contributed by atoms with Gasteiger partial charge in [0, 0.05) is 17.2 Å². The Morgan fingerprint density at radius 2 is 2.05 bits per heavy atom. The van der Waals surface area contributed by atoms with Crippen LogP contribution < -0.4 is 5.32 Å². The van der Waals surface area contributed by atoms with E-state index >= 15 is 0 Å². The molecule has 0 fully saturated rings. The number of urea groups is 1. The lowest BCUT2D eigenvalue weighted by atomic mass is 9.95. The molecule has 5 nitrogen and oxygen atoms in total. The molecule has 0 saturated heterocycles. The van der Waals surface area contributed by atoms with Crippen LogP contribution in [0.25, 0.3) is 0 Å². The van der Waals surface area contributed by atoms with Gasteiger partial charge in [-0.1, -0.05) is 34.1 Å². The van der Waals surface area contributed by atoms with Crippen molar-refractivity contribution >= 4 is 27.9 Å². The Labute approximate surface area is 125 Å². The summed E-state index contributed by atoms with van der Waals surface area (Å²) in [5.41, 5.74) is 1.83. The highest BCUT2D eigenvalue weighted by atomic mass is 79.9. The van der Waals surface area contributed by atoms with Crippen LogP contribution in [0.3, 0.4) is 0 Å². The molecule has 2 rings (SSSR count). The normalized spacial score (nSPS) is 18.9. The van der Waals surface area contributed by atoms with Crippen molar-refractivity contribution in [3.63, 3.8) is 0 Å². The number of nitrogens with zero attached hydrogens (tertiary/aromatic N) is 1. The number of methoxy groups -OCH3 is 1. The second-order valence-electron chi connectivity index (χ2n) is 4.45. The number of carbonyl (C=O) groups excluding carboxylic acids is 2. The average Bonchev–Trinajstić information content (AvgIpc) is 2.44. The van der Waals surface area contributed by atoms with E-state index in [9.17, 15) is 9.59 Å². The number of rotatable bonds is 2. The molecule has 1 aliphatic rings. The molecule has 1 aromatic rings. The Morgan fingerprint density at radius 1 is 1.40 bits per heavy atom. The summed E-state index contributed by atoms with van der Waals surface area (Å²) in [7, 11) is 2.94. The molecule has 0 spiro atoms. The van der Waals surface area contributed by atoms with Crippen LogP contribution in [0.4, 0.5) is 4.79 Å². The van der Waals surface area contributed by atoms with E-state index in [-0.39, 0.29) is 6.03 Å². The van der Waals surface area contributed by atoms with Gasteiger partial charge in [-0.3, -0.25) is 0 Å². The van der Waals surface area contributed by atoms with E-state index in [0.717, 1.165) is 10.0 Å². The van der Waals surface area contributed by atoms with Gasteiger partial charge in [-0.25, -0.2) is 9.59 Å². The predicted octanol–water partition coefficient (Wildman–Crippen LogP) is 2.59. The summed E-state index contributed by atoms with van der Waals surface area (Å²) in [4.78, 5) is 25.4. The fourth-order valence-corrected chi connectivity index (χ4v) is 2.67. The number of esters is 1. The van der Waals surface area contributed by atoms with Crippen LogP contribution in [0.1, 0.15) is 18.5 Å². The molecule has 0 radical (unpaired) electrons. The molecule has 20 heavy (non-hydrogen) atoms. The number of hydrogen-bond acceptors (Lipinski definition) is 3. The average molecular weight is 339 g/mol. The summed E-state index contributed by atoms with van der Waals surface area (Å²) in [5, 5.41) is 2.82. The van der Waals surface area contributed by atoms with Gasteiger partial charge in [0.05, 0.1) is 18.7 Å². The predicted molar refractivity (Wildman–Crippen MR) is 77.9 cm³/mol. The summed E-state index contributed by atoms with van der Waals surface area (Å²) in [5.74, 6) is -0.449. The molecule has 106 valence electrons. The summed E-state index contributed by atoms with van der Waals surface area (Å²) in [6.07, 6.45) is 0. The van der Waals surface area contributed by atoms with Gasteiger partial charge in [0.1, 0.15) is 0 Å². The molecular formula is C14H15BrN2O3. The maximum Gasteiger partial charge on any atom is 0.337 e. The number of hydrogen-bond donors (Lipinski definition) is 1. The number of amides is 2. The van der Waals surface area contributed by atoms with Gasteiger partial charge in [-0.15, -0.1) is 0 Å². The molecule has 0 aliphatic carbocycles. The van der Waals surface area contributed by atoms with Crippen molar-refractivity contribution in [3.8, 4) is 0 Å². The SMILES string of the molecule is COC(=O)C1=C(C)N(C)C(=O)N[C@@H]1c1ccccc1Br. The molecule has 1 N–H and O–H groups in total. The highest BCUT2D eigenvalue weighted by Gasteiger charge is 2.35. The molecular weight excluding hydrogens is 324 g/mol. The zero-order valence-electron chi connectivity index (χ0n) is 11.4. The first kappa shape index (κ1) is 14.6. The van der Waals surface area contributed by atoms with Crippen LogP contribution in [0.5, 0.6) is 0 Å². The third-order valence-corrected chi connectivity index (χ3v) is 4.10. The largest absolute Gasteiger partial charge is 0.466 e. The summed E-state index contributed by atoms with van der Waals surface area (Å²) in [6, 6.07) is 6.67. The number of carbonyl (C=O) groups is 2. The highest BCUT2D eigenvalue weighted by molar-refractivity contribution is 9.10. The summed E-state index contributed by atoms with van der Waals surface area (Å²) >= 11 is 3.45. The topological polar surface area (TPSA) is 58.6 Å². The zero-order valence-corrected chi connectivity index (χ0v) is 13.0. The van der Waals surface area contributed by atoms with Crippen molar-refractivity contribution < 1.29 is 14.3 Å². The van der Waals surface area contributed by atoms with E-state index in [1.54, 1.807) is 14.0 Å². The highest BCUT2D eigenvalue weighted by Crippen LogP contribution is 2.34. The van der Waals surface area contributed by atoms with Crippen LogP contribution in [0, 0.1) is 0 Å². The lowest BCUT2D eigenvalue weighted by Crippen LogP contribution is -2.46. The Bertz CT molecular complexity index is 598. The van der Waals surface area contributed by atoms with Crippen LogP contribution in [0.15, 0.2) is 40.0 Å². The van der Waals surface area contributed by atoms with Gasteiger partial charge in [0.2, 0.25) is 0 Å². The standard InChI is InChI=1S/C14H15BrN2O3/c1-8-11(13(18)20-3)12(16-14(19)17(8)2)9-6-4-5-7-10(9)15/h4-7,12H,1-3H3,(H,16,19)/t12-/m1/s1. The number of allylic oxidation sites excluding steroid dienone is 1. The maximum atomic E-state index is 12.1. The van der Waals surface area contributed by atoms with Crippen molar-refractivity contribution in [2.45, 2.75) is 13.0 Å². The fraction of sp³-hybridized carbons (Fsp3) is 0.286. The third-order valence-electron chi connectivity index (χ3n) is 3.38. The fourth-order valence-electron chi connectivity index (χ4n) is 2.15.